The molecule has 3 nitrogen and oxygen atoms in total. The molecule has 96 valence electrons. The van der Waals surface area contributed by atoms with Crippen molar-refractivity contribution in [1.82, 2.24) is 15.5 Å². The van der Waals surface area contributed by atoms with Crippen molar-refractivity contribution in [2.24, 2.45) is 0 Å². The maximum Gasteiger partial charge on any atom is 0.00822 e. The first-order valence-electron chi connectivity index (χ1n) is 6.72. The van der Waals surface area contributed by atoms with E-state index in [0.29, 0.717) is 12.1 Å². The number of hydrogen-bond acceptors (Lipinski definition) is 3. The number of nitrogens with zero attached hydrogens (tertiary/aromatic N) is 1. The molecule has 0 aromatic heterocycles. The third-order valence-corrected chi connectivity index (χ3v) is 3.38. The van der Waals surface area contributed by atoms with Crippen LogP contribution in [0, 0.1) is 0 Å². The van der Waals surface area contributed by atoms with Crippen molar-refractivity contribution in [3.05, 3.63) is 0 Å². The van der Waals surface area contributed by atoms with Gasteiger partial charge in [-0.15, -0.1) is 0 Å². The summed E-state index contributed by atoms with van der Waals surface area (Å²) in [5, 5.41) is 7.26. The van der Waals surface area contributed by atoms with E-state index < -0.39 is 0 Å². The van der Waals surface area contributed by atoms with E-state index in [1.807, 2.05) is 0 Å². The summed E-state index contributed by atoms with van der Waals surface area (Å²) >= 11 is 0. The Morgan fingerprint density at radius 1 is 1.31 bits per heavy atom. The van der Waals surface area contributed by atoms with E-state index in [1.165, 1.54) is 38.8 Å². The average molecular weight is 227 g/mol. The van der Waals surface area contributed by atoms with Gasteiger partial charge in [0, 0.05) is 18.1 Å². The second-order valence-electron chi connectivity index (χ2n) is 5.59. The van der Waals surface area contributed by atoms with Crippen LogP contribution in [0.2, 0.25) is 0 Å². The van der Waals surface area contributed by atoms with Crippen LogP contribution in [0.4, 0.5) is 0 Å². The Bertz CT molecular complexity index is 176. The molecule has 1 heterocycles. The van der Waals surface area contributed by atoms with Crippen LogP contribution >= 0.6 is 0 Å². The Labute approximate surface area is 101 Å². The van der Waals surface area contributed by atoms with Gasteiger partial charge in [0.05, 0.1) is 0 Å². The maximum atomic E-state index is 3.70. The van der Waals surface area contributed by atoms with Crippen LogP contribution in [-0.2, 0) is 0 Å². The van der Waals surface area contributed by atoms with Crippen LogP contribution in [0.25, 0.3) is 0 Å². The van der Waals surface area contributed by atoms with Crippen LogP contribution < -0.4 is 10.6 Å². The molecule has 0 saturated carbocycles. The summed E-state index contributed by atoms with van der Waals surface area (Å²) in [5.41, 5.74) is 0. The van der Waals surface area contributed by atoms with Gasteiger partial charge >= 0.3 is 0 Å². The Morgan fingerprint density at radius 3 is 2.62 bits per heavy atom. The zero-order valence-corrected chi connectivity index (χ0v) is 11.4. The fourth-order valence-electron chi connectivity index (χ4n) is 2.47. The summed E-state index contributed by atoms with van der Waals surface area (Å²) in [5.74, 6) is 0. The van der Waals surface area contributed by atoms with E-state index in [2.05, 4.69) is 43.5 Å². The molecule has 3 heteroatoms. The van der Waals surface area contributed by atoms with Gasteiger partial charge in [-0.05, 0) is 66.7 Å². The lowest BCUT2D eigenvalue weighted by atomic mass is 10.1. The molecule has 0 aliphatic carbocycles. The van der Waals surface area contributed by atoms with Crippen molar-refractivity contribution in [3.8, 4) is 0 Å². The van der Waals surface area contributed by atoms with E-state index >= 15 is 0 Å². The SMILES string of the molecule is CC(CCN(C)C)NC(C)CC1CCCN1. The minimum atomic E-state index is 0.624. The molecule has 2 N–H and O–H groups in total. The lowest BCUT2D eigenvalue weighted by molar-refractivity contribution is 0.339. The number of nitrogens with one attached hydrogen (secondary N) is 2. The second-order valence-corrected chi connectivity index (χ2v) is 5.59. The van der Waals surface area contributed by atoms with Crippen molar-refractivity contribution in [3.63, 3.8) is 0 Å². The highest BCUT2D eigenvalue weighted by molar-refractivity contribution is 4.79. The lowest BCUT2D eigenvalue weighted by Crippen LogP contribution is -2.39. The summed E-state index contributed by atoms with van der Waals surface area (Å²) in [6.07, 6.45) is 5.22. The van der Waals surface area contributed by atoms with Crippen molar-refractivity contribution < 1.29 is 0 Å². The predicted octanol–water partition coefficient (Wildman–Crippen LogP) is 1.45. The molecule has 0 radical (unpaired) electrons. The lowest BCUT2D eigenvalue weighted by Gasteiger charge is -2.23. The molecule has 16 heavy (non-hydrogen) atoms. The Kier molecular flexibility index (Phi) is 6.32. The van der Waals surface area contributed by atoms with Gasteiger partial charge < -0.3 is 15.5 Å². The summed E-state index contributed by atoms with van der Waals surface area (Å²) in [4.78, 5) is 2.25. The van der Waals surface area contributed by atoms with E-state index in [1.54, 1.807) is 0 Å². The van der Waals surface area contributed by atoms with Gasteiger partial charge in [0.1, 0.15) is 0 Å². The largest absolute Gasteiger partial charge is 0.314 e. The molecule has 0 spiro atoms. The molecule has 0 amide bonds. The number of rotatable bonds is 7. The predicted molar refractivity (Wildman–Crippen MR) is 70.9 cm³/mol. The molecule has 0 aromatic carbocycles. The van der Waals surface area contributed by atoms with E-state index in [0.717, 1.165) is 6.04 Å². The molecule has 1 aliphatic rings. The Hall–Kier alpha value is -0.120. The fraction of sp³-hybridized carbons (Fsp3) is 1.00. The monoisotopic (exact) mass is 227 g/mol. The molecule has 0 aromatic rings. The third-order valence-electron chi connectivity index (χ3n) is 3.38. The summed E-state index contributed by atoms with van der Waals surface area (Å²) in [7, 11) is 4.27. The molecule has 1 fully saturated rings. The highest BCUT2D eigenvalue weighted by Crippen LogP contribution is 2.11. The first-order chi connectivity index (χ1) is 7.58. The topological polar surface area (TPSA) is 27.3 Å². The first kappa shape index (κ1) is 13.9. The van der Waals surface area contributed by atoms with Gasteiger partial charge in [-0.2, -0.15) is 0 Å². The average Bonchev–Trinajstić information content (AvgIpc) is 2.67. The van der Waals surface area contributed by atoms with E-state index in [-0.39, 0.29) is 0 Å². The van der Waals surface area contributed by atoms with Gasteiger partial charge in [-0.25, -0.2) is 0 Å². The minimum absolute atomic E-state index is 0.624. The zero-order valence-electron chi connectivity index (χ0n) is 11.4. The molecule has 1 rings (SSSR count). The van der Waals surface area contributed by atoms with Gasteiger partial charge in [0.15, 0.2) is 0 Å². The molecule has 1 saturated heterocycles. The summed E-state index contributed by atoms with van der Waals surface area (Å²) in [6, 6.07) is 2.01. The van der Waals surface area contributed by atoms with Crippen molar-refractivity contribution in [2.75, 3.05) is 27.2 Å². The first-order valence-corrected chi connectivity index (χ1v) is 6.72. The van der Waals surface area contributed by atoms with Crippen molar-refractivity contribution in [2.45, 2.75) is 57.7 Å². The minimum Gasteiger partial charge on any atom is -0.314 e. The molecule has 1 aliphatic heterocycles. The third kappa shape index (κ3) is 5.83. The fourth-order valence-corrected chi connectivity index (χ4v) is 2.47. The van der Waals surface area contributed by atoms with Crippen molar-refractivity contribution in [1.29, 1.82) is 0 Å². The zero-order chi connectivity index (χ0) is 12.0. The van der Waals surface area contributed by atoms with Gasteiger partial charge in [0.25, 0.3) is 0 Å². The summed E-state index contributed by atoms with van der Waals surface area (Å²) < 4.78 is 0. The van der Waals surface area contributed by atoms with Crippen molar-refractivity contribution >= 4 is 0 Å². The highest BCUT2D eigenvalue weighted by atomic mass is 15.1. The Morgan fingerprint density at radius 2 is 2.06 bits per heavy atom. The van der Waals surface area contributed by atoms with E-state index in [9.17, 15) is 0 Å². The normalized spacial score (nSPS) is 24.9. The Balaban J connectivity index is 2.09. The maximum absolute atomic E-state index is 3.70. The summed E-state index contributed by atoms with van der Waals surface area (Å²) in [6.45, 7) is 6.99. The standard InChI is InChI=1S/C13H29N3/c1-11(7-9-16(3)4)15-12(2)10-13-6-5-8-14-13/h11-15H,5-10H2,1-4H3. The highest BCUT2D eigenvalue weighted by Gasteiger charge is 2.17. The molecular weight excluding hydrogens is 198 g/mol. The van der Waals surface area contributed by atoms with E-state index in [4.69, 9.17) is 0 Å². The smallest absolute Gasteiger partial charge is 0.00822 e. The van der Waals surface area contributed by atoms with Gasteiger partial charge in [-0.3, -0.25) is 0 Å². The van der Waals surface area contributed by atoms with Crippen LogP contribution in [0.5, 0.6) is 0 Å². The van der Waals surface area contributed by atoms with Crippen LogP contribution in [0.1, 0.15) is 39.5 Å². The molecular formula is C13H29N3. The van der Waals surface area contributed by atoms with Crippen LogP contribution in [0.3, 0.4) is 0 Å². The van der Waals surface area contributed by atoms with Crippen LogP contribution in [-0.4, -0.2) is 50.2 Å². The second kappa shape index (κ2) is 7.25. The quantitative estimate of drug-likeness (QED) is 0.689. The molecule has 0 bridgehead atoms. The van der Waals surface area contributed by atoms with Crippen LogP contribution in [0.15, 0.2) is 0 Å². The number of hydrogen-bond donors (Lipinski definition) is 2. The van der Waals surface area contributed by atoms with Gasteiger partial charge in [0.2, 0.25) is 0 Å². The van der Waals surface area contributed by atoms with Gasteiger partial charge in [-0.1, -0.05) is 0 Å². The molecule has 3 atom stereocenters. The molecule has 3 unspecified atom stereocenters.